The van der Waals surface area contributed by atoms with Gasteiger partial charge < -0.3 is 10.3 Å². The predicted octanol–water partition coefficient (Wildman–Crippen LogP) is 4.05. The maximum atomic E-state index is 12.7. The van der Waals surface area contributed by atoms with Gasteiger partial charge in [-0.25, -0.2) is 0 Å². The summed E-state index contributed by atoms with van der Waals surface area (Å²) in [7, 11) is 0. The van der Waals surface area contributed by atoms with Crippen LogP contribution >= 0.6 is 0 Å². The summed E-state index contributed by atoms with van der Waals surface area (Å²) in [5, 5.41) is 4.09. The number of fused-ring (bicyclic) bond motifs is 1. The van der Waals surface area contributed by atoms with Crippen LogP contribution in [-0.4, -0.2) is 22.6 Å². The van der Waals surface area contributed by atoms with Gasteiger partial charge in [-0.2, -0.15) is 0 Å². The van der Waals surface area contributed by atoms with Crippen molar-refractivity contribution < 1.29 is 9.59 Å². The summed E-state index contributed by atoms with van der Waals surface area (Å²) in [5.74, 6) is 0.0138. The molecule has 0 aliphatic heterocycles. The zero-order chi connectivity index (χ0) is 16.4. The molecule has 1 heterocycles. The lowest BCUT2D eigenvalue weighted by atomic mass is 10.0. The first-order valence-corrected chi connectivity index (χ1v) is 7.54. The van der Waals surface area contributed by atoms with Crippen molar-refractivity contribution in [3.05, 3.63) is 65.9 Å². The molecule has 2 N–H and O–H groups in total. The molecule has 0 unspecified atom stereocenters. The molecule has 0 spiro atoms. The Labute approximate surface area is 134 Å². The zero-order valence-corrected chi connectivity index (χ0v) is 13.1. The summed E-state index contributed by atoms with van der Waals surface area (Å²) in [6.45, 7) is 3.35. The van der Waals surface area contributed by atoms with Crippen LogP contribution in [0, 0.1) is 0 Å². The van der Waals surface area contributed by atoms with Gasteiger partial charge in [-0.05, 0) is 32.0 Å². The number of hydrogen-bond acceptors (Lipinski definition) is 3. The molecule has 3 rings (SSSR count). The quantitative estimate of drug-likeness (QED) is 0.699. The largest absolute Gasteiger partial charge is 0.375 e. The highest BCUT2D eigenvalue weighted by Gasteiger charge is 2.18. The number of H-pyrrole nitrogens is 1. The first-order chi connectivity index (χ1) is 11.1. The molecule has 0 aliphatic rings. The van der Waals surface area contributed by atoms with E-state index < -0.39 is 6.04 Å². The fourth-order valence-electron chi connectivity index (χ4n) is 2.65. The topological polar surface area (TPSA) is 62.0 Å². The molecule has 0 radical (unpaired) electrons. The van der Waals surface area contributed by atoms with Crippen molar-refractivity contribution in [3.63, 3.8) is 0 Å². The van der Waals surface area contributed by atoms with Crippen LogP contribution in [0.15, 0.2) is 54.7 Å². The van der Waals surface area contributed by atoms with Crippen molar-refractivity contribution in [2.75, 3.05) is 5.32 Å². The number of nitrogens with one attached hydrogen (secondary N) is 2. The average Bonchev–Trinajstić information content (AvgIpc) is 2.98. The molecule has 4 heteroatoms. The van der Waals surface area contributed by atoms with Crippen LogP contribution in [0.3, 0.4) is 0 Å². The summed E-state index contributed by atoms with van der Waals surface area (Å²) in [4.78, 5) is 27.3. The van der Waals surface area contributed by atoms with Gasteiger partial charge >= 0.3 is 0 Å². The van der Waals surface area contributed by atoms with Crippen molar-refractivity contribution in [2.45, 2.75) is 19.9 Å². The van der Waals surface area contributed by atoms with Crippen molar-refractivity contribution in [1.82, 2.24) is 4.98 Å². The van der Waals surface area contributed by atoms with Crippen molar-refractivity contribution in [2.24, 2.45) is 0 Å². The van der Waals surface area contributed by atoms with E-state index in [9.17, 15) is 9.59 Å². The highest BCUT2D eigenvalue weighted by atomic mass is 16.1. The second kappa shape index (κ2) is 6.08. The molecule has 23 heavy (non-hydrogen) atoms. The molecule has 116 valence electrons. The highest BCUT2D eigenvalue weighted by molar-refractivity contribution is 6.11. The Hall–Kier alpha value is -2.88. The minimum atomic E-state index is -0.392. The van der Waals surface area contributed by atoms with E-state index >= 15 is 0 Å². The standard InChI is InChI=1S/C19H18N2O2/c1-12(21-15-7-5-6-14(10-15)13(2)22)19(23)17-11-20-18-9-4-3-8-16(17)18/h3-12,20-21H,1-2H3/t12-/m1/s1. The molecule has 3 aromatic rings. The van der Waals surface area contributed by atoms with E-state index in [2.05, 4.69) is 10.3 Å². The third-order valence-electron chi connectivity index (χ3n) is 3.90. The Kier molecular flexibility index (Phi) is 3.98. The second-order valence-corrected chi connectivity index (χ2v) is 5.62. The Morgan fingerprint density at radius 3 is 2.65 bits per heavy atom. The molecule has 1 aromatic heterocycles. The normalized spacial score (nSPS) is 12.1. The minimum absolute atomic E-state index is 0.00394. The van der Waals surface area contributed by atoms with Gasteiger partial charge in [-0.3, -0.25) is 9.59 Å². The molecule has 2 aromatic carbocycles. The van der Waals surface area contributed by atoms with E-state index in [-0.39, 0.29) is 11.6 Å². The lowest BCUT2D eigenvalue weighted by molar-refractivity contribution is 0.0976. The Morgan fingerprint density at radius 1 is 1.09 bits per heavy atom. The number of Topliss-reactive ketones (excluding diaryl/α,β-unsaturated/α-hetero) is 2. The maximum absolute atomic E-state index is 12.7. The highest BCUT2D eigenvalue weighted by Crippen LogP contribution is 2.20. The number of para-hydroxylation sites is 1. The van der Waals surface area contributed by atoms with E-state index in [1.54, 1.807) is 18.3 Å². The third kappa shape index (κ3) is 3.01. The average molecular weight is 306 g/mol. The number of carbonyl (C=O) groups is 2. The van der Waals surface area contributed by atoms with E-state index in [1.165, 1.54) is 6.92 Å². The summed E-state index contributed by atoms with van der Waals surface area (Å²) in [6, 6.07) is 14.5. The van der Waals surface area contributed by atoms with E-state index in [4.69, 9.17) is 0 Å². The number of anilines is 1. The molecule has 0 saturated carbocycles. The molecular weight excluding hydrogens is 288 g/mol. The fraction of sp³-hybridized carbons (Fsp3) is 0.158. The lowest BCUT2D eigenvalue weighted by Gasteiger charge is -2.14. The van der Waals surface area contributed by atoms with Crippen molar-refractivity contribution in [3.8, 4) is 0 Å². The number of rotatable bonds is 5. The van der Waals surface area contributed by atoms with E-state index in [1.807, 2.05) is 43.3 Å². The van der Waals surface area contributed by atoms with Crippen LogP contribution in [0.1, 0.15) is 34.6 Å². The van der Waals surface area contributed by atoms with Crippen LogP contribution in [-0.2, 0) is 0 Å². The summed E-state index contributed by atoms with van der Waals surface area (Å²) >= 11 is 0. The van der Waals surface area contributed by atoms with Gasteiger partial charge in [0, 0.05) is 33.9 Å². The first-order valence-electron chi connectivity index (χ1n) is 7.54. The number of benzene rings is 2. The van der Waals surface area contributed by atoms with Gasteiger partial charge in [-0.1, -0.05) is 30.3 Å². The Balaban J connectivity index is 1.83. The SMILES string of the molecule is CC(=O)c1cccc(N[C@H](C)C(=O)c2c[nH]c3ccccc23)c1. The zero-order valence-electron chi connectivity index (χ0n) is 13.1. The molecule has 0 bridgehead atoms. The van der Waals surface area contributed by atoms with Gasteiger partial charge in [0.05, 0.1) is 6.04 Å². The summed E-state index contributed by atoms with van der Waals surface area (Å²) in [6.07, 6.45) is 1.75. The molecule has 1 atom stereocenters. The number of aromatic nitrogens is 1. The first kappa shape index (κ1) is 15.0. The summed E-state index contributed by atoms with van der Waals surface area (Å²) in [5.41, 5.74) is 3.00. The molecule has 0 saturated heterocycles. The number of aromatic amines is 1. The van der Waals surface area contributed by atoms with Crippen LogP contribution in [0.4, 0.5) is 5.69 Å². The number of ketones is 2. The van der Waals surface area contributed by atoms with Gasteiger partial charge in [-0.15, -0.1) is 0 Å². The minimum Gasteiger partial charge on any atom is -0.375 e. The van der Waals surface area contributed by atoms with E-state index in [0.29, 0.717) is 11.1 Å². The number of carbonyl (C=O) groups excluding carboxylic acids is 2. The second-order valence-electron chi connectivity index (χ2n) is 5.62. The Morgan fingerprint density at radius 2 is 1.87 bits per heavy atom. The Bertz CT molecular complexity index is 880. The number of hydrogen-bond donors (Lipinski definition) is 2. The van der Waals surface area contributed by atoms with Gasteiger partial charge in [0.2, 0.25) is 0 Å². The summed E-state index contributed by atoms with van der Waals surface area (Å²) < 4.78 is 0. The van der Waals surface area contributed by atoms with Crippen molar-refractivity contribution in [1.29, 1.82) is 0 Å². The molecule has 0 aliphatic carbocycles. The fourth-order valence-corrected chi connectivity index (χ4v) is 2.65. The monoisotopic (exact) mass is 306 g/mol. The van der Waals surface area contributed by atoms with Crippen LogP contribution in [0.5, 0.6) is 0 Å². The maximum Gasteiger partial charge on any atom is 0.186 e. The predicted molar refractivity (Wildman–Crippen MR) is 92.2 cm³/mol. The molecule has 0 fully saturated rings. The van der Waals surface area contributed by atoms with Crippen LogP contribution in [0.25, 0.3) is 10.9 Å². The van der Waals surface area contributed by atoms with E-state index in [0.717, 1.165) is 16.6 Å². The van der Waals surface area contributed by atoms with Crippen LogP contribution in [0.2, 0.25) is 0 Å². The van der Waals surface area contributed by atoms with Gasteiger partial charge in [0.1, 0.15) is 0 Å². The van der Waals surface area contributed by atoms with Crippen LogP contribution < -0.4 is 5.32 Å². The molecule has 4 nitrogen and oxygen atoms in total. The van der Waals surface area contributed by atoms with Gasteiger partial charge in [0.15, 0.2) is 11.6 Å². The lowest BCUT2D eigenvalue weighted by Crippen LogP contribution is -2.26. The van der Waals surface area contributed by atoms with Gasteiger partial charge in [0.25, 0.3) is 0 Å². The third-order valence-corrected chi connectivity index (χ3v) is 3.90. The smallest absolute Gasteiger partial charge is 0.186 e. The molecule has 0 amide bonds. The molecular formula is C19H18N2O2. The van der Waals surface area contributed by atoms with Crippen molar-refractivity contribution >= 4 is 28.2 Å².